The summed E-state index contributed by atoms with van der Waals surface area (Å²) in [6.45, 7) is 5.48. The Kier molecular flexibility index (Phi) is 6.71. The monoisotopic (exact) mass is 532 g/mol. The summed E-state index contributed by atoms with van der Waals surface area (Å²) >= 11 is 0. The average molecular weight is 533 g/mol. The van der Waals surface area contributed by atoms with E-state index >= 15 is 0 Å². The molecule has 0 bridgehead atoms. The zero-order chi connectivity index (χ0) is 27.1. The van der Waals surface area contributed by atoms with Gasteiger partial charge in [-0.2, -0.15) is 15.5 Å². The molecule has 1 aliphatic rings. The molecule has 0 aliphatic carbocycles. The van der Waals surface area contributed by atoms with Crippen molar-refractivity contribution in [3.63, 3.8) is 0 Å². The lowest BCUT2D eigenvalue weighted by atomic mass is 10.0. The zero-order valence-electron chi connectivity index (χ0n) is 22.1. The molecule has 4 aromatic rings. The van der Waals surface area contributed by atoms with Gasteiger partial charge in [-0.05, 0) is 44.9 Å². The molecule has 4 aromatic heterocycles. The molecule has 5 rings (SSSR count). The SMILES string of the molecule is CC(C)(O)Cn1cc(-c2cc(-c3ccc(N4CCC(N=S(C)(C)=O)CC4)nc3)c3c(C#N)cnn3c2)cn1. The highest BCUT2D eigenvalue weighted by Gasteiger charge is 2.21. The van der Waals surface area contributed by atoms with Crippen molar-refractivity contribution in [1.29, 1.82) is 5.26 Å². The lowest BCUT2D eigenvalue weighted by molar-refractivity contribution is 0.0577. The van der Waals surface area contributed by atoms with E-state index in [1.807, 2.05) is 36.8 Å². The summed E-state index contributed by atoms with van der Waals surface area (Å²) in [6, 6.07) is 8.43. The molecule has 1 saturated heterocycles. The van der Waals surface area contributed by atoms with Crippen LogP contribution < -0.4 is 4.90 Å². The lowest BCUT2D eigenvalue weighted by Gasteiger charge is -2.31. The molecule has 1 fully saturated rings. The minimum atomic E-state index is -2.10. The molecule has 1 aliphatic heterocycles. The normalized spacial score (nSPS) is 15.1. The van der Waals surface area contributed by atoms with Gasteiger partial charge in [-0.25, -0.2) is 13.9 Å². The van der Waals surface area contributed by atoms with Gasteiger partial charge in [-0.1, -0.05) is 0 Å². The van der Waals surface area contributed by atoms with Gasteiger partial charge in [-0.15, -0.1) is 0 Å². The number of hydrogen-bond acceptors (Lipinski definition) is 8. The summed E-state index contributed by atoms with van der Waals surface area (Å²) in [5, 5.41) is 28.7. The largest absolute Gasteiger partial charge is 0.389 e. The first-order valence-electron chi connectivity index (χ1n) is 12.5. The Bertz CT molecular complexity index is 1620. The zero-order valence-corrected chi connectivity index (χ0v) is 22.9. The Balaban J connectivity index is 1.45. The quantitative estimate of drug-likeness (QED) is 0.402. The Morgan fingerprint density at radius 1 is 1.11 bits per heavy atom. The lowest BCUT2D eigenvalue weighted by Crippen LogP contribution is -2.36. The molecule has 198 valence electrons. The Morgan fingerprint density at radius 3 is 2.50 bits per heavy atom. The molecule has 10 nitrogen and oxygen atoms in total. The first kappa shape index (κ1) is 25.9. The summed E-state index contributed by atoms with van der Waals surface area (Å²) in [5.74, 6) is 0.884. The van der Waals surface area contributed by atoms with E-state index in [1.165, 1.54) is 0 Å². The van der Waals surface area contributed by atoms with E-state index in [1.54, 1.807) is 47.9 Å². The van der Waals surface area contributed by atoms with Crippen molar-refractivity contribution in [1.82, 2.24) is 24.4 Å². The first-order chi connectivity index (χ1) is 18.0. The smallest absolute Gasteiger partial charge is 0.128 e. The number of fused-ring (bicyclic) bond motifs is 1. The summed E-state index contributed by atoms with van der Waals surface area (Å²) < 4.78 is 19.9. The second-order valence-electron chi connectivity index (χ2n) is 10.8. The van der Waals surface area contributed by atoms with Crippen LogP contribution >= 0.6 is 0 Å². The number of piperidine rings is 1. The highest BCUT2D eigenvalue weighted by molar-refractivity contribution is 7.92. The summed E-state index contributed by atoms with van der Waals surface area (Å²) in [5.41, 5.74) is 3.83. The second-order valence-corrected chi connectivity index (χ2v) is 13.3. The number of pyridine rings is 2. The van der Waals surface area contributed by atoms with Gasteiger partial charge >= 0.3 is 0 Å². The van der Waals surface area contributed by atoms with Crippen LogP contribution in [-0.2, 0) is 16.3 Å². The van der Waals surface area contributed by atoms with Crippen LogP contribution in [0.5, 0.6) is 0 Å². The van der Waals surface area contributed by atoms with Crippen molar-refractivity contribution in [2.45, 2.75) is 44.9 Å². The fourth-order valence-electron chi connectivity index (χ4n) is 4.87. The molecule has 0 amide bonds. The van der Waals surface area contributed by atoms with Crippen molar-refractivity contribution < 1.29 is 9.32 Å². The summed E-state index contributed by atoms with van der Waals surface area (Å²) in [6.07, 6.45) is 14.0. The van der Waals surface area contributed by atoms with Crippen LogP contribution in [0.1, 0.15) is 32.3 Å². The number of aromatic nitrogens is 5. The standard InChI is InChI=1S/C27H32N8O2S/c1-27(2,36)18-34-16-22(15-30-34)20-11-24(26-21(12-28)14-31-35(26)17-20)19-5-6-25(29-13-19)33-9-7-23(8-10-33)32-38(3,4)37/h5-6,11,13-17,23,36H,7-10,18H2,1-4H3. The van der Waals surface area contributed by atoms with E-state index < -0.39 is 15.3 Å². The topological polar surface area (TPSA) is 125 Å². The third-order valence-corrected chi connectivity index (χ3v) is 7.30. The van der Waals surface area contributed by atoms with Crippen LogP contribution in [-0.4, -0.2) is 70.9 Å². The Morgan fingerprint density at radius 2 is 1.87 bits per heavy atom. The van der Waals surface area contributed by atoms with Gasteiger partial charge in [0.2, 0.25) is 0 Å². The van der Waals surface area contributed by atoms with Crippen molar-refractivity contribution in [3.05, 3.63) is 54.7 Å². The van der Waals surface area contributed by atoms with Crippen LogP contribution in [0.25, 0.3) is 27.8 Å². The molecule has 0 atom stereocenters. The summed E-state index contributed by atoms with van der Waals surface area (Å²) in [4.78, 5) is 6.98. The van der Waals surface area contributed by atoms with E-state index in [2.05, 4.69) is 25.5 Å². The van der Waals surface area contributed by atoms with Crippen molar-refractivity contribution in [2.75, 3.05) is 30.5 Å². The average Bonchev–Trinajstić information content (AvgIpc) is 3.49. The molecular weight excluding hydrogens is 500 g/mol. The Hall–Kier alpha value is -3.75. The van der Waals surface area contributed by atoms with Gasteiger partial charge in [0.25, 0.3) is 0 Å². The minimum absolute atomic E-state index is 0.128. The van der Waals surface area contributed by atoms with Crippen molar-refractivity contribution in [2.24, 2.45) is 4.36 Å². The van der Waals surface area contributed by atoms with Crippen LogP contribution in [0.4, 0.5) is 5.82 Å². The van der Waals surface area contributed by atoms with Crippen molar-refractivity contribution >= 4 is 21.1 Å². The fourth-order valence-corrected chi connectivity index (χ4v) is 5.80. The number of hydrogen-bond donors (Lipinski definition) is 1. The maximum Gasteiger partial charge on any atom is 0.128 e. The summed E-state index contributed by atoms with van der Waals surface area (Å²) in [7, 11) is -2.10. The van der Waals surface area contributed by atoms with E-state index in [0.717, 1.165) is 59.5 Å². The molecule has 0 aromatic carbocycles. The van der Waals surface area contributed by atoms with Crippen LogP contribution in [0, 0.1) is 11.3 Å². The van der Waals surface area contributed by atoms with E-state index in [9.17, 15) is 14.6 Å². The number of anilines is 1. The van der Waals surface area contributed by atoms with Gasteiger partial charge in [0, 0.05) is 76.2 Å². The molecule has 5 heterocycles. The third kappa shape index (κ3) is 5.71. The molecule has 0 unspecified atom stereocenters. The van der Waals surface area contributed by atoms with Gasteiger partial charge in [0.15, 0.2) is 0 Å². The highest BCUT2D eigenvalue weighted by atomic mass is 32.2. The number of nitriles is 1. The van der Waals surface area contributed by atoms with Crippen molar-refractivity contribution in [3.8, 4) is 28.3 Å². The predicted molar refractivity (Wildman–Crippen MR) is 148 cm³/mol. The molecule has 38 heavy (non-hydrogen) atoms. The molecular formula is C27H32N8O2S. The second kappa shape index (κ2) is 9.85. The molecule has 0 spiro atoms. The van der Waals surface area contributed by atoms with Gasteiger partial charge in [0.05, 0.1) is 41.7 Å². The maximum atomic E-state index is 12.0. The molecule has 1 N–H and O–H groups in total. The van der Waals surface area contributed by atoms with E-state index in [0.29, 0.717) is 12.1 Å². The number of rotatable bonds is 6. The number of aliphatic hydroxyl groups is 1. The number of nitrogens with zero attached hydrogens (tertiary/aromatic N) is 8. The fraction of sp³-hybridized carbons (Fsp3) is 0.407. The minimum Gasteiger partial charge on any atom is -0.389 e. The third-order valence-electron chi connectivity index (χ3n) is 6.50. The van der Waals surface area contributed by atoms with E-state index in [4.69, 9.17) is 4.98 Å². The highest BCUT2D eigenvalue weighted by Crippen LogP contribution is 2.32. The van der Waals surface area contributed by atoms with Gasteiger partial charge < -0.3 is 10.0 Å². The van der Waals surface area contributed by atoms with Crippen LogP contribution in [0.2, 0.25) is 0 Å². The first-order valence-corrected chi connectivity index (χ1v) is 14.9. The van der Waals surface area contributed by atoms with Crippen LogP contribution in [0.15, 0.2) is 53.5 Å². The Labute approximate surface area is 222 Å². The van der Waals surface area contributed by atoms with Gasteiger partial charge in [-0.3, -0.25) is 8.89 Å². The predicted octanol–water partition coefficient (Wildman–Crippen LogP) is 3.60. The van der Waals surface area contributed by atoms with Crippen LogP contribution in [0.3, 0.4) is 0 Å². The maximum absolute atomic E-state index is 12.0. The molecule has 0 radical (unpaired) electrons. The molecule has 11 heteroatoms. The van der Waals surface area contributed by atoms with Gasteiger partial charge in [0.1, 0.15) is 11.9 Å². The van der Waals surface area contributed by atoms with E-state index in [-0.39, 0.29) is 6.04 Å². The molecule has 0 saturated carbocycles.